The van der Waals surface area contributed by atoms with Crippen LogP contribution >= 0.6 is 11.6 Å². The van der Waals surface area contributed by atoms with E-state index in [1.54, 1.807) is 42.5 Å². The van der Waals surface area contributed by atoms with Crippen molar-refractivity contribution < 1.29 is 14.4 Å². The fraction of sp³-hybridized carbons (Fsp3) is 0.273. The third-order valence-corrected chi connectivity index (χ3v) is 4.97. The predicted molar refractivity (Wildman–Crippen MR) is 125 cm³/mol. The minimum atomic E-state index is -0.799. The second-order valence-electron chi connectivity index (χ2n) is 7.12. The van der Waals surface area contributed by atoms with Crippen molar-refractivity contribution in [1.29, 1.82) is 5.41 Å². The molecule has 0 spiro atoms. The Hall–Kier alpha value is -3.43. The van der Waals surface area contributed by atoms with Crippen LogP contribution in [0.15, 0.2) is 48.5 Å². The van der Waals surface area contributed by atoms with E-state index in [1.807, 2.05) is 0 Å². The molecule has 0 bridgehead atoms. The zero-order valence-electron chi connectivity index (χ0n) is 17.7. The number of nitrogens with zero attached hydrogens (tertiary/aromatic N) is 1. The van der Waals surface area contributed by atoms with Gasteiger partial charge in [-0.25, -0.2) is 0 Å². The van der Waals surface area contributed by atoms with E-state index < -0.39 is 17.9 Å². The van der Waals surface area contributed by atoms with Gasteiger partial charge in [0.05, 0.1) is 18.3 Å². The van der Waals surface area contributed by atoms with Crippen LogP contribution in [0.3, 0.4) is 0 Å². The van der Waals surface area contributed by atoms with Gasteiger partial charge < -0.3 is 27.0 Å². The molecule has 0 heterocycles. The highest BCUT2D eigenvalue weighted by molar-refractivity contribution is 6.31. The Balaban J connectivity index is 2.01. The number of amides is 2. The summed E-state index contributed by atoms with van der Waals surface area (Å²) in [6.45, 7) is 0.142. The van der Waals surface area contributed by atoms with Gasteiger partial charge >= 0.3 is 0 Å². The fourth-order valence-electron chi connectivity index (χ4n) is 2.95. The number of nitrogens with two attached hydrogens (primary N) is 2. The highest BCUT2D eigenvalue weighted by Crippen LogP contribution is 2.26. The molecule has 2 rings (SSSR count). The number of anilines is 1. The van der Waals surface area contributed by atoms with E-state index in [9.17, 15) is 14.4 Å². The lowest BCUT2D eigenvalue weighted by molar-refractivity contribution is -0.125. The largest absolute Gasteiger partial charge is 0.370 e. The summed E-state index contributed by atoms with van der Waals surface area (Å²) in [6.07, 6.45) is 0.904. The lowest BCUT2D eigenvalue weighted by Crippen LogP contribution is -2.45. The number of halogens is 1. The highest BCUT2D eigenvalue weighted by Gasteiger charge is 2.21. The first-order chi connectivity index (χ1) is 15.2. The number of likely N-dealkylation sites (N-methyl/N-ethyl adjacent to an activating group) is 1. The molecule has 0 saturated heterocycles. The zero-order chi connectivity index (χ0) is 23.7. The van der Waals surface area contributed by atoms with Crippen LogP contribution in [-0.2, 0) is 9.59 Å². The van der Waals surface area contributed by atoms with Crippen LogP contribution in [0.4, 0.5) is 5.69 Å². The van der Waals surface area contributed by atoms with Crippen LogP contribution in [0.25, 0.3) is 0 Å². The van der Waals surface area contributed by atoms with E-state index in [2.05, 4.69) is 10.6 Å². The van der Waals surface area contributed by atoms with E-state index in [0.29, 0.717) is 35.7 Å². The topological polar surface area (TPSA) is 154 Å². The minimum absolute atomic E-state index is 0.149. The molecular formula is C22H27ClN6O3. The Bertz CT molecular complexity index is 983. The van der Waals surface area contributed by atoms with E-state index in [-0.39, 0.29) is 23.9 Å². The highest BCUT2D eigenvalue weighted by atomic mass is 35.5. The molecule has 0 aliphatic carbocycles. The van der Waals surface area contributed by atoms with Gasteiger partial charge in [0.2, 0.25) is 11.8 Å². The van der Waals surface area contributed by atoms with Crippen LogP contribution in [0.1, 0.15) is 28.8 Å². The van der Waals surface area contributed by atoms with Crippen molar-refractivity contribution in [2.75, 3.05) is 25.0 Å². The summed E-state index contributed by atoms with van der Waals surface area (Å²) in [5.74, 6) is -1.31. The normalized spacial score (nSPS) is 11.3. The smallest absolute Gasteiger partial charge is 0.246 e. The van der Waals surface area contributed by atoms with Crippen LogP contribution < -0.4 is 27.0 Å². The van der Waals surface area contributed by atoms with Crippen molar-refractivity contribution in [2.45, 2.75) is 18.9 Å². The van der Waals surface area contributed by atoms with Crippen LogP contribution in [0.2, 0.25) is 5.02 Å². The van der Waals surface area contributed by atoms with Crippen molar-refractivity contribution in [3.63, 3.8) is 0 Å². The molecule has 0 aromatic heterocycles. The molecule has 7 N–H and O–H groups in total. The number of hydrogen-bond acceptors (Lipinski definition) is 5. The minimum Gasteiger partial charge on any atom is -0.370 e. The molecule has 2 aromatic rings. The third-order valence-electron chi connectivity index (χ3n) is 4.73. The summed E-state index contributed by atoms with van der Waals surface area (Å²) >= 11 is 6.09. The Labute approximate surface area is 191 Å². The Kier molecular flexibility index (Phi) is 9.18. The van der Waals surface area contributed by atoms with Gasteiger partial charge in [0.1, 0.15) is 0 Å². The van der Waals surface area contributed by atoms with Crippen molar-refractivity contribution in [1.82, 2.24) is 10.6 Å². The van der Waals surface area contributed by atoms with Gasteiger partial charge in [-0.3, -0.25) is 19.8 Å². The molecule has 9 nitrogen and oxygen atoms in total. The summed E-state index contributed by atoms with van der Waals surface area (Å²) in [5, 5.41) is 12.6. The first-order valence-electron chi connectivity index (χ1n) is 9.97. The average molecular weight is 459 g/mol. The molecule has 0 radical (unpaired) electrons. The van der Waals surface area contributed by atoms with Crippen molar-refractivity contribution >= 4 is 40.8 Å². The Morgan fingerprint density at radius 3 is 2.47 bits per heavy atom. The van der Waals surface area contributed by atoms with Crippen molar-refractivity contribution in [3.8, 4) is 0 Å². The number of carbonyl (C=O) groups is 3. The maximum Gasteiger partial charge on any atom is 0.246 e. The predicted octanol–water partition coefficient (Wildman–Crippen LogP) is 1.24. The summed E-state index contributed by atoms with van der Waals surface area (Å²) < 4.78 is 0. The van der Waals surface area contributed by atoms with E-state index in [0.717, 1.165) is 0 Å². The summed E-state index contributed by atoms with van der Waals surface area (Å²) in [6, 6.07) is 12.6. The van der Waals surface area contributed by atoms with Crippen LogP contribution in [0.5, 0.6) is 0 Å². The molecule has 32 heavy (non-hydrogen) atoms. The first-order valence-corrected chi connectivity index (χ1v) is 10.4. The van der Waals surface area contributed by atoms with Gasteiger partial charge in [-0.1, -0.05) is 41.9 Å². The number of benzene rings is 2. The molecule has 0 aliphatic rings. The average Bonchev–Trinajstić information content (AvgIpc) is 2.79. The molecule has 1 atom stereocenters. The molecule has 2 amide bonds. The quantitative estimate of drug-likeness (QED) is 0.156. The first kappa shape index (κ1) is 24.8. The van der Waals surface area contributed by atoms with Gasteiger partial charge in [-0.05, 0) is 31.0 Å². The monoisotopic (exact) mass is 458 g/mol. The van der Waals surface area contributed by atoms with Gasteiger partial charge in [0, 0.05) is 29.7 Å². The maximum atomic E-state index is 13.0. The lowest BCUT2D eigenvalue weighted by atomic mass is 10.0. The van der Waals surface area contributed by atoms with Crippen molar-refractivity contribution in [3.05, 3.63) is 64.7 Å². The number of rotatable bonds is 10. The molecule has 2 aromatic carbocycles. The standard InChI is InChI=1S/C22H27ClN6O3/c1-29(19(30)13-28-21(32)17(24)8-5-11-27-22(25)26)18-10-9-15(23)12-16(18)20(31)14-6-3-2-4-7-14/h2-4,6-7,9-10,12,17H,5,8,11,13,24H2,1H3,(H,28,32)(H4,25,26,27)/t17-/m0/s1. The van der Waals surface area contributed by atoms with Crippen LogP contribution in [0, 0.1) is 5.41 Å². The van der Waals surface area contributed by atoms with Gasteiger partial charge in [-0.2, -0.15) is 0 Å². The Morgan fingerprint density at radius 1 is 1.12 bits per heavy atom. The summed E-state index contributed by atoms with van der Waals surface area (Å²) in [5.41, 5.74) is 12.2. The van der Waals surface area contributed by atoms with E-state index in [4.69, 9.17) is 28.5 Å². The Morgan fingerprint density at radius 2 is 1.81 bits per heavy atom. The lowest BCUT2D eigenvalue weighted by Gasteiger charge is -2.21. The molecule has 10 heteroatoms. The van der Waals surface area contributed by atoms with Gasteiger partial charge in [0.25, 0.3) is 0 Å². The number of hydrogen-bond donors (Lipinski definition) is 5. The molecule has 0 fully saturated rings. The van der Waals surface area contributed by atoms with Gasteiger partial charge in [0.15, 0.2) is 11.7 Å². The third kappa shape index (κ3) is 7.07. The number of carbonyl (C=O) groups excluding carboxylic acids is 3. The van der Waals surface area contributed by atoms with Crippen LogP contribution in [-0.4, -0.2) is 49.7 Å². The van der Waals surface area contributed by atoms with E-state index in [1.165, 1.54) is 18.0 Å². The zero-order valence-corrected chi connectivity index (χ0v) is 18.5. The summed E-state index contributed by atoms with van der Waals surface area (Å²) in [7, 11) is 1.52. The second kappa shape index (κ2) is 11.8. The van der Waals surface area contributed by atoms with Gasteiger partial charge in [-0.15, -0.1) is 0 Å². The molecular weight excluding hydrogens is 432 g/mol. The molecule has 0 unspecified atom stereocenters. The summed E-state index contributed by atoms with van der Waals surface area (Å²) in [4.78, 5) is 39.1. The number of nitrogens with one attached hydrogen (secondary N) is 3. The number of ketones is 1. The maximum absolute atomic E-state index is 13.0. The van der Waals surface area contributed by atoms with Crippen molar-refractivity contribution in [2.24, 2.45) is 11.5 Å². The fourth-order valence-corrected chi connectivity index (χ4v) is 3.12. The SMILES string of the molecule is CN(C(=O)CNC(=O)[C@@H](N)CCCNC(=N)N)c1ccc(Cl)cc1C(=O)c1ccccc1. The second-order valence-corrected chi connectivity index (χ2v) is 7.55. The number of guanidine groups is 1. The molecule has 0 aliphatic heterocycles. The molecule has 170 valence electrons. The molecule has 0 saturated carbocycles. The van der Waals surface area contributed by atoms with E-state index >= 15 is 0 Å².